The summed E-state index contributed by atoms with van der Waals surface area (Å²) < 4.78 is 5.12. The van der Waals surface area contributed by atoms with Crippen LogP contribution in [0.25, 0.3) is 10.8 Å². The Morgan fingerprint density at radius 3 is 2.69 bits per heavy atom. The molecule has 0 saturated heterocycles. The average molecular weight is 193 g/mol. The van der Waals surface area contributed by atoms with Gasteiger partial charge in [-0.2, -0.15) is 0 Å². The minimum absolute atomic E-state index is 0.731. The largest absolute Gasteiger partial charge is 0.497 e. The quantitative estimate of drug-likeness (QED) is 0.672. The van der Waals surface area contributed by atoms with Crippen molar-refractivity contribution in [1.29, 1.82) is 0 Å². The lowest BCUT2D eigenvalue weighted by Crippen LogP contribution is -1.83. The van der Waals surface area contributed by atoms with Crippen molar-refractivity contribution in [3.63, 3.8) is 0 Å². The van der Waals surface area contributed by atoms with Gasteiger partial charge in [0.25, 0.3) is 0 Å². The maximum absolute atomic E-state index is 6.06. The lowest BCUT2D eigenvalue weighted by Gasteiger charge is -2.04. The molecule has 2 heteroatoms. The van der Waals surface area contributed by atoms with Gasteiger partial charge in [0.1, 0.15) is 5.75 Å². The van der Waals surface area contributed by atoms with Crippen molar-refractivity contribution in [2.75, 3.05) is 7.11 Å². The molecule has 13 heavy (non-hydrogen) atoms. The first kappa shape index (κ1) is 8.39. The molecule has 0 unspecified atom stereocenters. The van der Waals surface area contributed by atoms with E-state index >= 15 is 0 Å². The van der Waals surface area contributed by atoms with Gasteiger partial charge >= 0.3 is 0 Å². The highest BCUT2D eigenvalue weighted by Gasteiger charge is 2.00. The fraction of sp³-hybridized carbons (Fsp3) is 0.0909. The Kier molecular flexibility index (Phi) is 2.11. The van der Waals surface area contributed by atoms with Crippen molar-refractivity contribution >= 4 is 22.4 Å². The molecule has 0 atom stereocenters. The number of hydrogen-bond donors (Lipinski definition) is 0. The van der Waals surface area contributed by atoms with Crippen molar-refractivity contribution < 1.29 is 4.74 Å². The van der Waals surface area contributed by atoms with Gasteiger partial charge in [0.2, 0.25) is 0 Å². The van der Waals surface area contributed by atoms with Crippen molar-refractivity contribution in [2.45, 2.75) is 0 Å². The summed E-state index contributed by atoms with van der Waals surface area (Å²) in [5, 5.41) is 2.90. The van der Waals surface area contributed by atoms with Gasteiger partial charge in [-0.05, 0) is 17.5 Å². The van der Waals surface area contributed by atoms with Crippen LogP contribution < -0.4 is 4.74 Å². The summed E-state index contributed by atoms with van der Waals surface area (Å²) in [6.45, 7) is 0. The summed E-state index contributed by atoms with van der Waals surface area (Å²) in [7, 11) is 1.64. The number of halogens is 1. The molecule has 0 amide bonds. The summed E-state index contributed by atoms with van der Waals surface area (Å²) in [6.07, 6.45) is 0. The Hall–Kier alpha value is -1.21. The second kappa shape index (κ2) is 3.27. The molecule has 0 aromatic heterocycles. The Balaban J connectivity index is 2.77. The first-order chi connectivity index (χ1) is 6.31. The predicted octanol–water partition coefficient (Wildman–Crippen LogP) is 3.50. The summed E-state index contributed by atoms with van der Waals surface area (Å²) in [4.78, 5) is 0. The number of fused-ring (bicyclic) bond motifs is 1. The molecule has 0 radical (unpaired) electrons. The molecule has 0 aliphatic heterocycles. The Morgan fingerprint density at radius 2 is 1.92 bits per heavy atom. The molecule has 2 aromatic carbocycles. The molecule has 0 N–H and O–H groups in total. The fourth-order valence-electron chi connectivity index (χ4n) is 1.36. The summed E-state index contributed by atoms with van der Waals surface area (Å²) in [5.41, 5.74) is 0. The van der Waals surface area contributed by atoms with Crippen LogP contribution >= 0.6 is 11.6 Å². The van der Waals surface area contributed by atoms with Crippen LogP contribution in [0, 0.1) is 0 Å². The maximum atomic E-state index is 6.06. The van der Waals surface area contributed by atoms with Crippen LogP contribution in [0.1, 0.15) is 0 Å². The zero-order valence-electron chi connectivity index (χ0n) is 7.25. The fourth-order valence-corrected chi connectivity index (χ4v) is 1.64. The summed E-state index contributed by atoms with van der Waals surface area (Å²) in [6, 6.07) is 11.8. The molecular formula is C11H9ClO. The van der Waals surface area contributed by atoms with E-state index in [-0.39, 0.29) is 0 Å². The van der Waals surface area contributed by atoms with Gasteiger partial charge in [-0.15, -0.1) is 0 Å². The highest BCUT2D eigenvalue weighted by molar-refractivity contribution is 6.35. The Morgan fingerprint density at radius 1 is 1.15 bits per heavy atom. The van der Waals surface area contributed by atoms with Crippen molar-refractivity contribution in [1.82, 2.24) is 0 Å². The monoisotopic (exact) mass is 192 g/mol. The Bertz CT molecular complexity index is 437. The van der Waals surface area contributed by atoms with Crippen LogP contribution in [0.3, 0.4) is 0 Å². The van der Waals surface area contributed by atoms with Crippen molar-refractivity contribution in [3.8, 4) is 5.75 Å². The topological polar surface area (TPSA) is 9.23 Å². The van der Waals surface area contributed by atoms with E-state index in [0.717, 1.165) is 21.5 Å². The number of methoxy groups -OCH3 is 1. The SMILES string of the molecule is COc1cc(Cl)c2ccccc2c1. The number of rotatable bonds is 1. The number of ether oxygens (including phenoxy) is 1. The van der Waals surface area contributed by atoms with E-state index in [2.05, 4.69) is 0 Å². The van der Waals surface area contributed by atoms with E-state index < -0.39 is 0 Å². The van der Waals surface area contributed by atoms with Crippen molar-refractivity contribution in [2.24, 2.45) is 0 Å². The highest BCUT2D eigenvalue weighted by atomic mass is 35.5. The zero-order valence-corrected chi connectivity index (χ0v) is 8.01. The average Bonchev–Trinajstić information content (AvgIpc) is 2.18. The molecule has 0 aliphatic rings. The molecule has 0 aliphatic carbocycles. The highest BCUT2D eigenvalue weighted by Crippen LogP contribution is 2.28. The number of benzene rings is 2. The first-order valence-corrected chi connectivity index (χ1v) is 4.41. The molecule has 0 saturated carbocycles. The zero-order chi connectivity index (χ0) is 9.26. The first-order valence-electron chi connectivity index (χ1n) is 4.03. The minimum Gasteiger partial charge on any atom is -0.497 e. The second-order valence-corrected chi connectivity index (χ2v) is 3.24. The van der Waals surface area contributed by atoms with Crippen LogP contribution in [0.5, 0.6) is 5.75 Å². The van der Waals surface area contributed by atoms with E-state index in [4.69, 9.17) is 16.3 Å². The normalized spacial score (nSPS) is 10.3. The van der Waals surface area contributed by atoms with E-state index in [0.29, 0.717) is 0 Å². The van der Waals surface area contributed by atoms with Gasteiger partial charge in [-0.25, -0.2) is 0 Å². The van der Waals surface area contributed by atoms with Crippen LogP contribution in [0.2, 0.25) is 5.02 Å². The molecule has 0 fully saturated rings. The molecule has 0 bridgehead atoms. The summed E-state index contributed by atoms with van der Waals surface area (Å²) in [5.74, 6) is 0.795. The predicted molar refractivity (Wildman–Crippen MR) is 55.5 cm³/mol. The second-order valence-electron chi connectivity index (χ2n) is 2.83. The molecule has 2 rings (SSSR count). The third-order valence-corrected chi connectivity index (χ3v) is 2.33. The van der Waals surface area contributed by atoms with Gasteiger partial charge in [-0.3, -0.25) is 0 Å². The van der Waals surface area contributed by atoms with Gasteiger partial charge in [-0.1, -0.05) is 35.9 Å². The summed E-state index contributed by atoms with van der Waals surface area (Å²) >= 11 is 6.06. The van der Waals surface area contributed by atoms with Gasteiger partial charge in [0.05, 0.1) is 12.1 Å². The molecule has 0 spiro atoms. The van der Waals surface area contributed by atoms with E-state index in [1.165, 1.54) is 0 Å². The lowest BCUT2D eigenvalue weighted by atomic mass is 10.1. The van der Waals surface area contributed by atoms with E-state index in [1.54, 1.807) is 7.11 Å². The van der Waals surface area contributed by atoms with Gasteiger partial charge in [0.15, 0.2) is 0 Å². The van der Waals surface area contributed by atoms with Gasteiger partial charge < -0.3 is 4.74 Å². The number of hydrogen-bond acceptors (Lipinski definition) is 1. The van der Waals surface area contributed by atoms with Crippen LogP contribution in [-0.2, 0) is 0 Å². The smallest absolute Gasteiger partial charge is 0.120 e. The molecule has 0 heterocycles. The van der Waals surface area contributed by atoms with Crippen molar-refractivity contribution in [3.05, 3.63) is 41.4 Å². The van der Waals surface area contributed by atoms with Crippen LogP contribution in [-0.4, -0.2) is 7.11 Å². The third-order valence-electron chi connectivity index (χ3n) is 2.02. The molecular weight excluding hydrogens is 184 g/mol. The van der Waals surface area contributed by atoms with E-state index in [9.17, 15) is 0 Å². The molecule has 1 nitrogen and oxygen atoms in total. The van der Waals surface area contributed by atoms with E-state index in [1.807, 2.05) is 36.4 Å². The minimum atomic E-state index is 0.731. The Labute approximate surface area is 81.9 Å². The van der Waals surface area contributed by atoms with Crippen LogP contribution in [0.4, 0.5) is 0 Å². The molecule has 66 valence electrons. The standard InChI is InChI=1S/C11H9ClO/c1-13-9-6-8-4-2-3-5-10(8)11(12)7-9/h2-7H,1H3. The third kappa shape index (κ3) is 1.47. The van der Waals surface area contributed by atoms with Crippen LogP contribution in [0.15, 0.2) is 36.4 Å². The molecule has 2 aromatic rings. The lowest BCUT2D eigenvalue weighted by molar-refractivity contribution is 0.415. The van der Waals surface area contributed by atoms with Gasteiger partial charge in [0, 0.05) is 5.39 Å². The maximum Gasteiger partial charge on any atom is 0.120 e.